The summed E-state index contributed by atoms with van der Waals surface area (Å²) in [5, 5.41) is 0. The first-order valence-corrected chi connectivity index (χ1v) is 9.42. The van der Waals surface area contributed by atoms with Crippen LogP contribution in [0, 0.1) is 0 Å². The summed E-state index contributed by atoms with van der Waals surface area (Å²) >= 11 is 0. The Morgan fingerprint density at radius 1 is 1.05 bits per heavy atom. The van der Waals surface area contributed by atoms with Gasteiger partial charge in [-0.05, 0) is 0 Å². The molecule has 1 heterocycles. The Bertz CT molecular complexity index is 680. The van der Waals surface area contributed by atoms with Crippen LogP contribution in [0.15, 0.2) is 0 Å². The van der Waals surface area contributed by atoms with Crippen molar-refractivity contribution < 1.29 is 52.0 Å². The summed E-state index contributed by atoms with van der Waals surface area (Å²) < 4.78 is 109. The molecular formula is C6H10NO12S3-3. The highest BCUT2D eigenvalue weighted by molar-refractivity contribution is 7.83. The molecule has 3 unspecified atom stereocenters. The molecule has 1 aliphatic heterocycles. The molecule has 1 rings (SSSR count). The normalized spacial score (nSPS) is 27.7. The number of hydrogen-bond acceptors (Lipinski definition) is 12. The average Bonchev–Trinajstić information content (AvgIpc) is 2.24. The summed E-state index contributed by atoms with van der Waals surface area (Å²) in [5.41, 5.74) is 0. The highest BCUT2D eigenvalue weighted by Gasteiger charge is 2.35. The fraction of sp³-hybridized carbons (Fsp3) is 1.00. The SMILES string of the molecule is O=S(=O)([O-])NC1COC(COS(=O)(=O)[O-])CC1OS(=O)(=O)[O-]. The third kappa shape index (κ3) is 8.27. The summed E-state index contributed by atoms with van der Waals surface area (Å²) in [6.07, 6.45) is -3.34. The quantitative estimate of drug-likeness (QED) is 0.335. The van der Waals surface area contributed by atoms with Crippen molar-refractivity contribution in [2.24, 2.45) is 0 Å². The van der Waals surface area contributed by atoms with E-state index in [1.54, 1.807) is 0 Å². The minimum Gasteiger partial charge on any atom is -0.735 e. The zero-order valence-corrected chi connectivity index (χ0v) is 12.9. The van der Waals surface area contributed by atoms with Crippen molar-refractivity contribution >= 4 is 31.1 Å². The van der Waals surface area contributed by atoms with Crippen LogP contribution in [0.4, 0.5) is 0 Å². The van der Waals surface area contributed by atoms with E-state index in [-0.39, 0.29) is 0 Å². The first kappa shape index (κ1) is 19.6. The first-order chi connectivity index (χ1) is 9.75. The fourth-order valence-electron chi connectivity index (χ4n) is 1.67. The van der Waals surface area contributed by atoms with Crippen molar-refractivity contribution in [1.29, 1.82) is 0 Å². The smallest absolute Gasteiger partial charge is 0.217 e. The molecule has 3 atom stereocenters. The molecule has 1 N–H and O–H groups in total. The minimum atomic E-state index is -5.24. The van der Waals surface area contributed by atoms with Crippen LogP contribution in [0.25, 0.3) is 0 Å². The lowest BCUT2D eigenvalue weighted by Gasteiger charge is -2.36. The highest BCUT2D eigenvalue weighted by Crippen LogP contribution is 2.20. The van der Waals surface area contributed by atoms with Gasteiger partial charge in [-0.15, -0.1) is 0 Å². The van der Waals surface area contributed by atoms with Gasteiger partial charge in [0.25, 0.3) is 0 Å². The van der Waals surface area contributed by atoms with Gasteiger partial charge >= 0.3 is 0 Å². The van der Waals surface area contributed by atoms with Crippen LogP contribution >= 0.6 is 0 Å². The molecule has 22 heavy (non-hydrogen) atoms. The Hall–Kier alpha value is -0.430. The molecule has 0 bridgehead atoms. The molecule has 0 spiro atoms. The maximum Gasteiger partial charge on any atom is 0.217 e. The predicted molar refractivity (Wildman–Crippen MR) is 61.2 cm³/mol. The van der Waals surface area contributed by atoms with Crippen molar-refractivity contribution in [2.75, 3.05) is 13.2 Å². The van der Waals surface area contributed by atoms with Gasteiger partial charge < -0.3 is 18.4 Å². The average molecular weight is 384 g/mol. The van der Waals surface area contributed by atoms with Gasteiger partial charge in [-0.3, -0.25) is 8.37 Å². The Labute approximate surface area is 126 Å². The second kappa shape index (κ2) is 6.99. The van der Waals surface area contributed by atoms with Gasteiger partial charge in [0.15, 0.2) is 10.3 Å². The van der Waals surface area contributed by atoms with Crippen molar-refractivity contribution in [1.82, 2.24) is 4.72 Å². The number of ether oxygens (including phenoxy) is 1. The van der Waals surface area contributed by atoms with Crippen molar-refractivity contribution in [2.45, 2.75) is 24.7 Å². The molecule has 0 saturated carbocycles. The fourth-order valence-corrected chi connectivity index (χ4v) is 3.09. The van der Waals surface area contributed by atoms with Crippen molar-refractivity contribution in [3.8, 4) is 0 Å². The maximum absolute atomic E-state index is 10.6. The van der Waals surface area contributed by atoms with E-state index in [0.717, 1.165) is 0 Å². The molecule has 1 saturated heterocycles. The molecule has 1 aliphatic rings. The van der Waals surface area contributed by atoms with Gasteiger partial charge in [-0.2, -0.15) is 0 Å². The maximum atomic E-state index is 10.6. The number of hydrogen-bond donors (Lipinski definition) is 1. The van der Waals surface area contributed by atoms with Gasteiger partial charge in [0.1, 0.15) is 0 Å². The molecule has 132 valence electrons. The second-order valence-corrected chi connectivity index (χ2v) is 7.31. The number of nitrogens with one attached hydrogen (secondary N) is 1. The van der Waals surface area contributed by atoms with Crippen LogP contribution in [-0.4, -0.2) is 70.4 Å². The van der Waals surface area contributed by atoms with E-state index in [2.05, 4.69) is 8.37 Å². The monoisotopic (exact) mass is 384 g/mol. The van der Waals surface area contributed by atoms with E-state index in [4.69, 9.17) is 4.74 Å². The Kier molecular flexibility index (Phi) is 6.23. The summed E-state index contributed by atoms with van der Waals surface area (Å²) in [5.74, 6) is 0. The minimum absolute atomic E-state index is 0.524. The third-order valence-electron chi connectivity index (χ3n) is 2.39. The summed E-state index contributed by atoms with van der Waals surface area (Å²) in [7, 11) is -15.3. The van der Waals surface area contributed by atoms with E-state index in [0.29, 0.717) is 0 Å². The van der Waals surface area contributed by atoms with E-state index >= 15 is 0 Å². The van der Waals surface area contributed by atoms with E-state index in [1.165, 1.54) is 4.72 Å². The van der Waals surface area contributed by atoms with Gasteiger partial charge in [-0.25, -0.2) is 30.0 Å². The van der Waals surface area contributed by atoms with Gasteiger partial charge in [0, 0.05) is 6.42 Å². The van der Waals surface area contributed by atoms with Gasteiger partial charge in [0.05, 0.1) is 31.5 Å². The van der Waals surface area contributed by atoms with Crippen LogP contribution in [0.3, 0.4) is 0 Å². The third-order valence-corrected chi connectivity index (χ3v) is 3.89. The first-order valence-electron chi connectivity index (χ1n) is 5.34. The molecule has 0 aliphatic carbocycles. The predicted octanol–water partition coefficient (Wildman–Crippen LogP) is -3.48. The second-order valence-electron chi connectivity index (χ2n) is 4.11. The standard InChI is InChI=1S/C6H13NO12S3/c8-20(9,10)7-5-3-17-4(2-18-21(11,12)13)1-6(5)19-22(14,15)16/h4-7H,1-3H2,(H,8,9,10)(H,11,12,13)(H,14,15,16)/p-3. The molecule has 0 amide bonds. The van der Waals surface area contributed by atoms with Gasteiger partial charge in [0.2, 0.25) is 20.8 Å². The van der Waals surface area contributed by atoms with Gasteiger partial charge in [-0.1, -0.05) is 0 Å². The summed E-state index contributed by atoms with van der Waals surface area (Å²) in [6.45, 7) is -1.42. The molecule has 1 fully saturated rings. The van der Waals surface area contributed by atoms with Crippen LogP contribution in [0.5, 0.6) is 0 Å². The van der Waals surface area contributed by atoms with Crippen LogP contribution in [0.1, 0.15) is 6.42 Å². The lowest BCUT2D eigenvalue weighted by atomic mass is 10.0. The molecular weight excluding hydrogens is 374 g/mol. The van der Waals surface area contributed by atoms with E-state index in [9.17, 15) is 38.9 Å². The van der Waals surface area contributed by atoms with Crippen molar-refractivity contribution in [3.05, 3.63) is 0 Å². The molecule has 0 aromatic carbocycles. The Balaban J connectivity index is 2.79. The molecule has 0 aromatic rings. The Morgan fingerprint density at radius 3 is 2.09 bits per heavy atom. The lowest BCUT2D eigenvalue weighted by molar-refractivity contribution is -0.0692. The molecule has 0 aromatic heterocycles. The van der Waals surface area contributed by atoms with E-state index < -0.39 is 69.0 Å². The largest absolute Gasteiger partial charge is 0.735 e. The van der Waals surface area contributed by atoms with Crippen molar-refractivity contribution in [3.63, 3.8) is 0 Å². The Morgan fingerprint density at radius 2 is 1.64 bits per heavy atom. The summed E-state index contributed by atoms with van der Waals surface area (Å²) in [4.78, 5) is 0. The van der Waals surface area contributed by atoms with Crippen LogP contribution in [-0.2, 0) is 44.2 Å². The molecule has 16 heteroatoms. The summed E-state index contributed by atoms with van der Waals surface area (Å²) in [6, 6.07) is -1.49. The lowest BCUT2D eigenvalue weighted by Crippen LogP contribution is -2.53. The zero-order chi connectivity index (χ0) is 17.2. The van der Waals surface area contributed by atoms with Crippen LogP contribution in [0.2, 0.25) is 0 Å². The molecule has 0 radical (unpaired) electrons. The molecule has 13 nitrogen and oxygen atoms in total. The topological polar surface area (TPSA) is 211 Å². The van der Waals surface area contributed by atoms with E-state index in [1.807, 2.05) is 0 Å². The highest BCUT2D eigenvalue weighted by atomic mass is 32.3. The number of rotatable bonds is 7. The zero-order valence-electron chi connectivity index (χ0n) is 10.5. The van der Waals surface area contributed by atoms with Crippen LogP contribution < -0.4 is 4.72 Å².